The van der Waals surface area contributed by atoms with Crippen LogP contribution in [0.3, 0.4) is 0 Å². The van der Waals surface area contributed by atoms with Gasteiger partial charge in [-0.05, 0) is 60.2 Å². The molecule has 1 aliphatic carbocycles. The molecule has 0 radical (unpaired) electrons. The Morgan fingerprint density at radius 1 is 1.00 bits per heavy atom. The highest BCUT2D eigenvalue weighted by atomic mass is 79.9. The maximum atomic E-state index is 9.49. The van der Waals surface area contributed by atoms with Crippen molar-refractivity contribution in [2.75, 3.05) is 0 Å². The van der Waals surface area contributed by atoms with E-state index in [1.807, 2.05) is 12.1 Å². The van der Waals surface area contributed by atoms with Crippen LogP contribution in [-0.2, 0) is 12.8 Å². The maximum Gasteiger partial charge on any atom is 0.115 e. The molecule has 0 saturated carbocycles. The molecule has 0 amide bonds. The summed E-state index contributed by atoms with van der Waals surface area (Å²) in [5.74, 6) is 0.364. The first kappa shape index (κ1) is 12.5. The Morgan fingerprint density at radius 2 is 1.79 bits per heavy atom. The van der Waals surface area contributed by atoms with Crippen molar-refractivity contribution in [3.8, 4) is 5.75 Å². The molecule has 2 heteroatoms. The van der Waals surface area contributed by atoms with Gasteiger partial charge < -0.3 is 5.11 Å². The third-order valence-electron chi connectivity index (χ3n) is 3.55. The molecule has 0 unspecified atom stereocenters. The summed E-state index contributed by atoms with van der Waals surface area (Å²) in [5.41, 5.74) is 5.30. The van der Waals surface area contributed by atoms with E-state index in [0.29, 0.717) is 5.75 Å². The summed E-state index contributed by atoms with van der Waals surface area (Å²) in [6, 6.07) is 14.1. The highest BCUT2D eigenvalue weighted by molar-refractivity contribution is 9.10. The van der Waals surface area contributed by atoms with Crippen molar-refractivity contribution in [1.29, 1.82) is 0 Å². The molecule has 0 aromatic heterocycles. The summed E-state index contributed by atoms with van der Waals surface area (Å²) in [5, 5.41) is 9.49. The van der Waals surface area contributed by atoms with E-state index < -0.39 is 0 Å². The van der Waals surface area contributed by atoms with Crippen LogP contribution >= 0.6 is 15.9 Å². The first-order valence-corrected chi connectivity index (χ1v) is 7.26. The molecule has 0 fully saturated rings. The first-order chi connectivity index (χ1) is 9.20. The van der Waals surface area contributed by atoms with Crippen LogP contribution in [0.4, 0.5) is 0 Å². The van der Waals surface area contributed by atoms with E-state index in [0.717, 1.165) is 23.7 Å². The fourth-order valence-corrected chi connectivity index (χ4v) is 2.80. The fourth-order valence-electron chi connectivity index (χ4n) is 2.54. The van der Waals surface area contributed by atoms with Gasteiger partial charge >= 0.3 is 0 Å². The van der Waals surface area contributed by atoms with E-state index in [9.17, 15) is 5.11 Å². The van der Waals surface area contributed by atoms with Gasteiger partial charge in [-0.2, -0.15) is 0 Å². The lowest BCUT2D eigenvalue weighted by atomic mass is 9.89. The van der Waals surface area contributed by atoms with Gasteiger partial charge in [0.1, 0.15) is 5.75 Å². The van der Waals surface area contributed by atoms with Crippen molar-refractivity contribution < 1.29 is 5.11 Å². The molecule has 0 atom stereocenters. The van der Waals surface area contributed by atoms with Gasteiger partial charge in [-0.1, -0.05) is 45.8 Å². The van der Waals surface area contributed by atoms with Gasteiger partial charge in [-0.15, -0.1) is 0 Å². The van der Waals surface area contributed by atoms with E-state index >= 15 is 0 Å². The number of allylic oxidation sites excluding steroid dienone is 1. The van der Waals surface area contributed by atoms with Crippen molar-refractivity contribution in [3.05, 3.63) is 69.2 Å². The van der Waals surface area contributed by atoms with E-state index in [4.69, 9.17) is 0 Å². The Bertz CT molecular complexity index is 626. The number of phenolic OH excluding ortho intramolecular Hbond substituents is 1. The highest BCUT2D eigenvalue weighted by Gasteiger charge is 2.11. The van der Waals surface area contributed by atoms with Gasteiger partial charge in [-0.25, -0.2) is 0 Å². The number of hydrogen-bond acceptors (Lipinski definition) is 1. The SMILES string of the molecule is Oc1ccc2c(c1)CCC(Cc1ccc(Br)cc1)=C2. The molecule has 1 aliphatic rings. The van der Waals surface area contributed by atoms with Gasteiger partial charge in [0, 0.05) is 4.47 Å². The molecule has 0 saturated heterocycles. The quantitative estimate of drug-likeness (QED) is 0.849. The predicted molar refractivity (Wildman–Crippen MR) is 82.3 cm³/mol. The Hall–Kier alpha value is -1.54. The summed E-state index contributed by atoms with van der Waals surface area (Å²) < 4.78 is 1.12. The minimum atomic E-state index is 0.364. The van der Waals surface area contributed by atoms with Crippen molar-refractivity contribution in [1.82, 2.24) is 0 Å². The standard InChI is InChI=1S/C17H15BrO/c18-16-6-2-12(3-7-16)9-13-1-4-15-11-17(19)8-5-14(15)10-13/h2-3,5-8,10-11,19H,1,4,9H2. The zero-order chi connectivity index (χ0) is 13.2. The average Bonchev–Trinajstić information content (AvgIpc) is 2.42. The van der Waals surface area contributed by atoms with Crippen LogP contribution < -0.4 is 0 Å². The lowest BCUT2D eigenvalue weighted by Gasteiger charge is -2.17. The second-order valence-electron chi connectivity index (χ2n) is 4.99. The number of benzene rings is 2. The van der Waals surface area contributed by atoms with Crippen molar-refractivity contribution in [2.45, 2.75) is 19.3 Å². The molecule has 0 heterocycles. The van der Waals surface area contributed by atoms with E-state index in [2.05, 4.69) is 46.3 Å². The van der Waals surface area contributed by atoms with Crippen LogP contribution in [0.5, 0.6) is 5.75 Å². The molecular formula is C17H15BrO. The lowest BCUT2D eigenvalue weighted by molar-refractivity contribution is 0.474. The predicted octanol–water partition coefficient (Wildman–Crippen LogP) is 4.73. The number of aromatic hydroxyl groups is 1. The Balaban J connectivity index is 1.83. The number of phenols is 1. The average molecular weight is 315 g/mol. The van der Waals surface area contributed by atoms with E-state index in [1.165, 1.54) is 22.3 Å². The Labute approximate surface area is 121 Å². The topological polar surface area (TPSA) is 20.2 Å². The van der Waals surface area contributed by atoms with Crippen molar-refractivity contribution in [3.63, 3.8) is 0 Å². The van der Waals surface area contributed by atoms with Crippen molar-refractivity contribution >= 4 is 22.0 Å². The zero-order valence-electron chi connectivity index (χ0n) is 10.6. The van der Waals surface area contributed by atoms with Gasteiger partial charge in [-0.3, -0.25) is 0 Å². The number of hydrogen-bond donors (Lipinski definition) is 1. The second-order valence-corrected chi connectivity index (χ2v) is 5.90. The molecule has 1 N–H and O–H groups in total. The summed E-state index contributed by atoms with van der Waals surface area (Å²) in [6.45, 7) is 0. The maximum absolute atomic E-state index is 9.49. The molecule has 0 bridgehead atoms. The number of aryl methyl sites for hydroxylation is 1. The number of halogens is 1. The Morgan fingerprint density at radius 3 is 2.58 bits per heavy atom. The summed E-state index contributed by atoms with van der Waals surface area (Å²) in [6.07, 6.45) is 5.37. The fraction of sp³-hybridized carbons (Fsp3) is 0.176. The van der Waals surface area contributed by atoms with Gasteiger partial charge in [0.25, 0.3) is 0 Å². The molecular weight excluding hydrogens is 300 g/mol. The second kappa shape index (κ2) is 5.22. The molecule has 0 aliphatic heterocycles. The first-order valence-electron chi connectivity index (χ1n) is 6.46. The highest BCUT2D eigenvalue weighted by Crippen LogP contribution is 2.28. The minimum Gasteiger partial charge on any atom is -0.508 e. The van der Waals surface area contributed by atoms with Crippen molar-refractivity contribution in [2.24, 2.45) is 0 Å². The van der Waals surface area contributed by atoms with Gasteiger partial charge in [0.2, 0.25) is 0 Å². The molecule has 1 nitrogen and oxygen atoms in total. The molecule has 2 aromatic rings. The molecule has 19 heavy (non-hydrogen) atoms. The Kier molecular flexibility index (Phi) is 3.43. The van der Waals surface area contributed by atoms with Crippen LogP contribution in [0.2, 0.25) is 0 Å². The largest absolute Gasteiger partial charge is 0.508 e. The van der Waals surface area contributed by atoms with Crippen LogP contribution in [0.25, 0.3) is 6.08 Å². The summed E-state index contributed by atoms with van der Waals surface area (Å²) in [7, 11) is 0. The number of fused-ring (bicyclic) bond motifs is 1. The van der Waals surface area contributed by atoms with Crippen LogP contribution in [0.15, 0.2) is 52.5 Å². The summed E-state index contributed by atoms with van der Waals surface area (Å²) in [4.78, 5) is 0. The molecule has 0 spiro atoms. The third kappa shape index (κ3) is 2.90. The van der Waals surface area contributed by atoms with Gasteiger partial charge in [0.05, 0.1) is 0 Å². The van der Waals surface area contributed by atoms with Crippen LogP contribution in [0, 0.1) is 0 Å². The van der Waals surface area contributed by atoms with Crippen LogP contribution in [-0.4, -0.2) is 5.11 Å². The lowest BCUT2D eigenvalue weighted by Crippen LogP contribution is -2.01. The number of rotatable bonds is 2. The molecule has 2 aromatic carbocycles. The normalized spacial score (nSPS) is 13.8. The van der Waals surface area contributed by atoms with E-state index in [-0.39, 0.29) is 0 Å². The smallest absolute Gasteiger partial charge is 0.115 e. The van der Waals surface area contributed by atoms with Crippen LogP contribution in [0.1, 0.15) is 23.1 Å². The van der Waals surface area contributed by atoms with Gasteiger partial charge in [0.15, 0.2) is 0 Å². The summed E-state index contributed by atoms with van der Waals surface area (Å²) >= 11 is 3.46. The minimum absolute atomic E-state index is 0.364. The zero-order valence-corrected chi connectivity index (χ0v) is 12.2. The third-order valence-corrected chi connectivity index (χ3v) is 4.07. The molecule has 3 rings (SSSR count). The monoisotopic (exact) mass is 314 g/mol. The van der Waals surface area contributed by atoms with E-state index in [1.54, 1.807) is 6.07 Å². The molecule has 96 valence electrons.